The van der Waals surface area contributed by atoms with Crippen LogP contribution in [0.3, 0.4) is 0 Å². The molecule has 0 N–H and O–H groups in total. The second-order valence-electron chi connectivity index (χ2n) is 6.45. The predicted octanol–water partition coefficient (Wildman–Crippen LogP) is 4.11. The van der Waals surface area contributed by atoms with E-state index in [0.717, 1.165) is 17.7 Å². The van der Waals surface area contributed by atoms with Crippen molar-refractivity contribution >= 4 is 17.5 Å². The lowest BCUT2D eigenvalue weighted by molar-refractivity contribution is -0.146. The Kier molecular flexibility index (Phi) is 4.48. The normalized spacial score (nSPS) is 15.3. The third kappa shape index (κ3) is 3.54. The van der Waals surface area contributed by atoms with Gasteiger partial charge < -0.3 is 4.90 Å². The molecule has 0 radical (unpaired) electrons. The maximum absolute atomic E-state index is 13.3. The zero-order chi connectivity index (χ0) is 19.9. The van der Waals surface area contributed by atoms with Crippen LogP contribution in [0.2, 0.25) is 0 Å². The van der Waals surface area contributed by atoms with E-state index < -0.39 is 23.6 Å². The van der Waals surface area contributed by atoms with Gasteiger partial charge in [-0.3, -0.25) is 0 Å². The SMILES string of the molecule is Fc1ccc(C=C2CCN(c3ccc4nnc(C(F)(F)F)n4n3)CC2)cc1F. The van der Waals surface area contributed by atoms with Gasteiger partial charge in [0.15, 0.2) is 17.3 Å². The van der Waals surface area contributed by atoms with Crippen LogP contribution >= 0.6 is 0 Å². The molecule has 3 aromatic rings. The first-order chi connectivity index (χ1) is 13.3. The molecule has 0 unspecified atom stereocenters. The molecule has 1 aliphatic rings. The molecule has 0 bridgehead atoms. The minimum Gasteiger partial charge on any atom is -0.355 e. The molecule has 0 atom stereocenters. The molecule has 1 saturated heterocycles. The van der Waals surface area contributed by atoms with Crippen LogP contribution in [-0.4, -0.2) is 32.9 Å². The number of hydrogen-bond acceptors (Lipinski definition) is 4. The summed E-state index contributed by atoms with van der Waals surface area (Å²) in [5.41, 5.74) is 1.64. The first-order valence-electron chi connectivity index (χ1n) is 8.50. The van der Waals surface area contributed by atoms with Crippen LogP contribution in [0, 0.1) is 11.6 Å². The van der Waals surface area contributed by atoms with Crippen molar-refractivity contribution < 1.29 is 22.0 Å². The van der Waals surface area contributed by atoms with E-state index in [9.17, 15) is 22.0 Å². The standard InChI is InChI=1S/C18H14F5N5/c19-13-2-1-12(10-14(13)20)9-11-5-7-27(8-6-11)16-4-3-15-24-25-17(18(21,22)23)28(15)26-16/h1-4,9-10H,5-8H2. The summed E-state index contributed by atoms with van der Waals surface area (Å²) in [5, 5.41) is 10.7. The van der Waals surface area contributed by atoms with E-state index in [1.54, 1.807) is 12.1 Å². The molecule has 0 amide bonds. The van der Waals surface area contributed by atoms with Gasteiger partial charge in [-0.15, -0.1) is 15.3 Å². The molecule has 146 valence electrons. The number of hydrogen-bond donors (Lipinski definition) is 0. The van der Waals surface area contributed by atoms with Crippen LogP contribution in [0.4, 0.5) is 27.8 Å². The predicted molar refractivity (Wildman–Crippen MR) is 91.6 cm³/mol. The summed E-state index contributed by atoms with van der Waals surface area (Å²) in [7, 11) is 0. The lowest BCUT2D eigenvalue weighted by Crippen LogP contribution is -2.31. The summed E-state index contributed by atoms with van der Waals surface area (Å²) in [6.07, 6.45) is -1.58. The highest BCUT2D eigenvalue weighted by Crippen LogP contribution is 2.29. The fourth-order valence-electron chi connectivity index (χ4n) is 3.13. The highest BCUT2D eigenvalue weighted by molar-refractivity contribution is 5.55. The summed E-state index contributed by atoms with van der Waals surface area (Å²) in [5.74, 6) is -2.57. The maximum Gasteiger partial charge on any atom is 0.453 e. The Morgan fingerprint density at radius 1 is 0.929 bits per heavy atom. The van der Waals surface area contributed by atoms with E-state index in [1.807, 2.05) is 4.90 Å². The molecule has 4 rings (SSSR count). The fraction of sp³-hybridized carbons (Fsp3) is 0.278. The Balaban J connectivity index is 1.52. The molecule has 3 heterocycles. The molecule has 1 fully saturated rings. The average Bonchev–Trinajstić information content (AvgIpc) is 3.09. The molecule has 1 aliphatic heterocycles. The summed E-state index contributed by atoms with van der Waals surface area (Å²) in [6, 6.07) is 6.76. The van der Waals surface area contributed by atoms with E-state index >= 15 is 0 Å². The molecule has 1 aromatic carbocycles. The first kappa shape index (κ1) is 18.3. The Hall–Kier alpha value is -3.04. The Morgan fingerprint density at radius 3 is 2.36 bits per heavy atom. The number of fused-ring (bicyclic) bond motifs is 1. The highest BCUT2D eigenvalue weighted by atomic mass is 19.4. The molecule has 0 aliphatic carbocycles. The van der Waals surface area contributed by atoms with Crippen molar-refractivity contribution in [3.63, 3.8) is 0 Å². The Labute approximate surface area is 156 Å². The van der Waals surface area contributed by atoms with Crippen LogP contribution in [0.1, 0.15) is 24.2 Å². The van der Waals surface area contributed by atoms with Crippen LogP contribution in [0.15, 0.2) is 35.9 Å². The summed E-state index contributed by atoms with van der Waals surface area (Å²) in [4.78, 5) is 1.86. The number of benzene rings is 1. The van der Waals surface area contributed by atoms with Crippen LogP contribution < -0.4 is 4.90 Å². The van der Waals surface area contributed by atoms with Crippen LogP contribution in [0.5, 0.6) is 0 Å². The third-order valence-corrected chi connectivity index (χ3v) is 4.55. The van der Waals surface area contributed by atoms with Gasteiger partial charge in [-0.05, 0) is 42.7 Å². The van der Waals surface area contributed by atoms with Gasteiger partial charge in [0.05, 0.1) is 0 Å². The fourth-order valence-corrected chi connectivity index (χ4v) is 3.13. The monoisotopic (exact) mass is 395 g/mol. The second kappa shape index (κ2) is 6.84. The average molecular weight is 395 g/mol. The minimum absolute atomic E-state index is 0.0204. The van der Waals surface area contributed by atoms with Gasteiger partial charge in [-0.1, -0.05) is 17.7 Å². The quantitative estimate of drug-likeness (QED) is 0.613. The van der Waals surface area contributed by atoms with Gasteiger partial charge in [0, 0.05) is 13.1 Å². The van der Waals surface area contributed by atoms with Crippen molar-refractivity contribution in [2.75, 3.05) is 18.0 Å². The zero-order valence-corrected chi connectivity index (χ0v) is 14.4. The molecule has 2 aromatic heterocycles. The molecule has 0 spiro atoms. The number of anilines is 1. The lowest BCUT2D eigenvalue weighted by atomic mass is 10.0. The van der Waals surface area contributed by atoms with Gasteiger partial charge in [-0.25, -0.2) is 8.78 Å². The number of halogens is 5. The van der Waals surface area contributed by atoms with Gasteiger partial charge >= 0.3 is 6.18 Å². The van der Waals surface area contributed by atoms with Crippen molar-refractivity contribution in [2.24, 2.45) is 0 Å². The van der Waals surface area contributed by atoms with E-state index in [0.29, 0.717) is 41.8 Å². The number of nitrogens with zero attached hydrogens (tertiary/aromatic N) is 5. The molecular weight excluding hydrogens is 381 g/mol. The molecule has 0 saturated carbocycles. The van der Waals surface area contributed by atoms with Gasteiger partial charge in [0.25, 0.3) is 5.82 Å². The van der Waals surface area contributed by atoms with Crippen molar-refractivity contribution in [1.82, 2.24) is 19.8 Å². The van der Waals surface area contributed by atoms with E-state index in [-0.39, 0.29) is 5.65 Å². The van der Waals surface area contributed by atoms with E-state index in [1.165, 1.54) is 12.1 Å². The number of aromatic nitrogens is 4. The smallest absolute Gasteiger partial charge is 0.355 e. The van der Waals surface area contributed by atoms with Gasteiger partial charge in [0.2, 0.25) is 0 Å². The maximum atomic E-state index is 13.3. The van der Waals surface area contributed by atoms with Crippen molar-refractivity contribution in [3.05, 3.63) is 58.9 Å². The third-order valence-electron chi connectivity index (χ3n) is 4.55. The number of alkyl halides is 3. The topological polar surface area (TPSA) is 46.3 Å². The van der Waals surface area contributed by atoms with Crippen LogP contribution in [-0.2, 0) is 6.18 Å². The summed E-state index contributed by atoms with van der Waals surface area (Å²) < 4.78 is 66.0. The molecule has 28 heavy (non-hydrogen) atoms. The molecule has 10 heteroatoms. The largest absolute Gasteiger partial charge is 0.453 e. The second-order valence-corrected chi connectivity index (χ2v) is 6.45. The van der Waals surface area contributed by atoms with Crippen molar-refractivity contribution in [3.8, 4) is 0 Å². The first-order valence-corrected chi connectivity index (χ1v) is 8.50. The van der Waals surface area contributed by atoms with E-state index in [4.69, 9.17) is 0 Å². The summed E-state index contributed by atoms with van der Waals surface area (Å²) in [6.45, 7) is 1.08. The lowest BCUT2D eigenvalue weighted by Gasteiger charge is -2.29. The van der Waals surface area contributed by atoms with E-state index in [2.05, 4.69) is 15.3 Å². The minimum atomic E-state index is -4.65. The number of rotatable bonds is 2. The Morgan fingerprint density at radius 2 is 1.68 bits per heavy atom. The zero-order valence-electron chi connectivity index (χ0n) is 14.4. The highest BCUT2D eigenvalue weighted by Gasteiger charge is 2.37. The van der Waals surface area contributed by atoms with Gasteiger partial charge in [0.1, 0.15) is 5.82 Å². The van der Waals surface area contributed by atoms with Crippen molar-refractivity contribution in [2.45, 2.75) is 19.0 Å². The molecular formula is C18H14F5N5. The number of piperidine rings is 1. The molecule has 5 nitrogen and oxygen atoms in total. The summed E-state index contributed by atoms with van der Waals surface area (Å²) >= 11 is 0. The van der Waals surface area contributed by atoms with Gasteiger partial charge in [-0.2, -0.15) is 17.7 Å². The Bertz CT molecular complexity index is 1050. The van der Waals surface area contributed by atoms with Crippen LogP contribution in [0.25, 0.3) is 11.7 Å². The van der Waals surface area contributed by atoms with Crippen molar-refractivity contribution in [1.29, 1.82) is 0 Å².